The van der Waals surface area contributed by atoms with Crippen LogP contribution in [0, 0.1) is 34.5 Å². The molecule has 3 fully saturated rings. The highest BCUT2D eigenvalue weighted by molar-refractivity contribution is 5.33. The van der Waals surface area contributed by atoms with Crippen LogP contribution in [0.1, 0.15) is 65.7 Å². The molecule has 3 saturated carbocycles. The van der Waals surface area contributed by atoms with Crippen LogP contribution in [0.2, 0.25) is 0 Å². The molecule has 122 valence electrons. The van der Waals surface area contributed by atoms with Crippen LogP contribution >= 0.6 is 0 Å². The Hall–Kier alpha value is -0.560. The second-order valence-electron chi connectivity index (χ2n) is 8.97. The Morgan fingerprint density at radius 1 is 1.14 bits per heavy atom. The Kier molecular flexibility index (Phi) is 3.39. The molecule has 0 radical (unpaired) electrons. The van der Waals surface area contributed by atoms with Gasteiger partial charge < -0.3 is 5.11 Å². The molecule has 4 aliphatic rings. The van der Waals surface area contributed by atoms with Crippen LogP contribution in [0.25, 0.3) is 0 Å². The van der Waals surface area contributed by atoms with E-state index < -0.39 is 0 Å². The van der Waals surface area contributed by atoms with Gasteiger partial charge in [-0.15, -0.1) is 0 Å². The average Bonchev–Trinajstić information content (AvgIpc) is 2.84. The zero-order valence-electron chi connectivity index (χ0n) is 14.5. The van der Waals surface area contributed by atoms with Crippen LogP contribution in [0.15, 0.2) is 23.8 Å². The van der Waals surface area contributed by atoms with Gasteiger partial charge in [0.05, 0.1) is 6.10 Å². The SMILES string of the molecule is CC[C@H]1CC[C@H]2[C@@H]3CCC4=CC(O)C=C[C@]4(C)[C@H]3CC[C@]12C. The maximum absolute atomic E-state index is 9.95. The minimum Gasteiger partial charge on any atom is -0.385 e. The first kappa shape index (κ1) is 15.0. The van der Waals surface area contributed by atoms with Gasteiger partial charge >= 0.3 is 0 Å². The Morgan fingerprint density at radius 3 is 2.73 bits per heavy atom. The van der Waals surface area contributed by atoms with Crippen LogP contribution < -0.4 is 0 Å². The van der Waals surface area contributed by atoms with Crippen LogP contribution in [-0.2, 0) is 0 Å². The average molecular weight is 300 g/mol. The molecule has 1 heteroatoms. The summed E-state index contributed by atoms with van der Waals surface area (Å²) < 4.78 is 0. The number of hydrogen-bond acceptors (Lipinski definition) is 1. The summed E-state index contributed by atoms with van der Waals surface area (Å²) in [5.74, 6) is 3.64. The Bertz CT molecular complexity index is 518. The van der Waals surface area contributed by atoms with Crippen LogP contribution in [0.5, 0.6) is 0 Å². The van der Waals surface area contributed by atoms with Crippen LogP contribution in [0.4, 0.5) is 0 Å². The van der Waals surface area contributed by atoms with E-state index in [-0.39, 0.29) is 11.5 Å². The third kappa shape index (κ3) is 1.87. The van der Waals surface area contributed by atoms with Crippen LogP contribution in [0.3, 0.4) is 0 Å². The van der Waals surface area contributed by atoms with Crippen molar-refractivity contribution in [3.05, 3.63) is 23.8 Å². The summed E-state index contributed by atoms with van der Waals surface area (Å²) in [6, 6.07) is 0. The van der Waals surface area contributed by atoms with Gasteiger partial charge in [0, 0.05) is 5.41 Å². The first-order valence-corrected chi connectivity index (χ1v) is 9.57. The first-order chi connectivity index (χ1) is 10.5. The van der Waals surface area contributed by atoms with E-state index in [0.29, 0.717) is 5.41 Å². The fourth-order valence-electron chi connectivity index (χ4n) is 7.10. The smallest absolute Gasteiger partial charge is 0.0905 e. The Balaban J connectivity index is 1.67. The molecule has 0 heterocycles. The second-order valence-corrected chi connectivity index (χ2v) is 8.97. The monoisotopic (exact) mass is 300 g/mol. The first-order valence-electron chi connectivity index (χ1n) is 9.57. The van der Waals surface area contributed by atoms with Crippen molar-refractivity contribution in [3.8, 4) is 0 Å². The van der Waals surface area contributed by atoms with Crippen molar-refractivity contribution in [3.63, 3.8) is 0 Å². The van der Waals surface area contributed by atoms with Crippen molar-refractivity contribution in [1.82, 2.24) is 0 Å². The molecule has 22 heavy (non-hydrogen) atoms. The molecule has 7 atom stereocenters. The third-order valence-corrected chi connectivity index (χ3v) is 8.35. The van der Waals surface area contributed by atoms with Gasteiger partial charge in [-0.25, -0.2) is 0 Å². The van der Waals surface area contributed by atoms with E-state index in [4.69, 9.17) is 0 Å². The lowest BCUT2D eigenvalue weighted by molar-refractivity contribution is -0.0349. The van der Waals surface area contributed by atoms with E-state index in [1.807, 2.05) is 6.08 Å². The van der Waals surface area contributed by atoms with Crippen molar-refractivity contribution in [2.45, 2.75) is 71.8 Å². The Morgan fingerprint density at radius 2 is 1.95 bits per heavy atom. The molecule has 0 spiro atoms. The summed E-state index contributed by atoms with van der Waals surface area (Å²) in [6.45, 7) is 7.47. The molecule has 1 nitrogen and oxygen atoms in total. The van der Waals surface area contributed by atoms with Crippen molar-refractivity contribution >= 4 is 0 Å². The summed E-state index contributed by atoms with van der Waals surface area (Å²) in [4.78, 5) is 0. The summed E-state index contributed by atoms with van der Waals surface area (Å²) in [6.07, 6.45) is 15.9. The number of aliphatic hydroxyl groups excluding tert-OH is 1. The number of hydrogen-bond donors (Lipinski definition) is 1. The lowest BCUT2D eigenvalue weighted by atomic mass is 9.47. The topological polar surface area (TPSA) is 20.2 Å². The minimum atomic E-state index is -0.343. The Labute approximate surface area is 135 Å². The van der Waals surface area contributed by atoms with E-state index in [1.165, 1.54) is 50.5 Å². The van der Waals surface area contributed by atoms with Gasteiger partial charge in [-0.2, -0.15) is 0 Å². The largest absolute Gasteiger partial charge is 0.385 e. The van der Waals surface area contributed by atoms with E-state index in [9.17, 15) is 5.11 Å². The lowest BCUT2D eigenvalue weighted by Gasteiger charge is -2.57. The molecule has 1 N–H and O–H groups in total. The number of rotatable bonds is 1. The molecule has 0 aromatic heterocycles. The van der Waals surface area contributed by atoms with E-state index in [1.54, 1.807) is 0 Å². The predicted octanol–water partition coefficient (Wildman–Crippen LogP) is 5.11. The zero-order valence-corrected chi connectivity index (χ0v) is 14.5. The maximum atomic E-state index is 9.95. The van der Waals surface area contributed by atoms with Gasteiger partial charge in [0.2, 0.25) is 0 Å². The molecule has 0 bridgehead atoms. The van der Waals surface area contributed by atoms with E-state index >= 15 is 0 Å². The van der Waals surface area contributed by atoms with Crippen molar-refractivity contribution < 1.29 is 5.11 Å². The maximum Gasteiger partial charge on any atom is 0.0905 e. The minimum absolute atomic E-state index is 0.230. The van der Waals surface area contributed by atoms with Gasteiger partial charge in [-0.1, -0.05) is 51.0 Å². The number of allylic oxidation sites excluding steroid dienone is 2. The second kappa shape index (κ2) is 4.97. The molecule has 4 rings (SSSR count). The number of aliphatic hydroxyl groups is 1. The van der Waals surface area contributed by atoms with Crippen molar-refractivity contribution in [2.75, 3.05) is 0 Å². The lowest BCUT2D eigenvalue weighted by Crippen LogP contribution is -2.49. The summed E-state index contributed by atoms with van der Waals surface area (Å²) in [7, 11) is 0. The molecule has 0 saturated heterocycles. The van der Waals surface area contributed by atoms with Gasteiger partial charge in [-0.3, -0.25) is 0 Å². The highest BCUT2D eigenvalue weighted by atomic mass is 16.3. The number of fused-ring (bicyclic) bond motifs is 5. The molecular formula is C21H32O. The van der Waals surface area contributed by atoms with Crippen molar-refractivity contribution in [1.29, 1.82) is 0 Å². The molecule has 1 unspecified atom stereocenters. The molecule has 0 aromatic rings. The van der Waals surface area contributed by atoms with Gasteiger partial charge in [-0.05, 0) is 67.6 Å². The standard InChI is InChI=1S/C21H32O/c1-4-14-6-8-18-17-7-5-15-13-16(22)9-11-21(15,3)19(17)10-12-20(14,18)2/h9,11,13-14,16-19,22H,4-8,10,12H2,1-3H3/t14-,16?,17-,18-,19-,20+,21-/m0/s1. The molecule has 0 aliphatic heterocycles. The van der Waals surface area contributed by atoms with Gasteiger partial charge in [0.1, 0.15) is 0 Å². The van der Waals surface area contributed by atoms with Gasteiger partial charge in [0.15, 0.2) is 0 Å². The molecule has 0 aromatic carbocycles. The molecule has 0 amide bonds. The summed E-state index contributed by atoms with van der Waals surface area (Å²) in [5.41, 5.74) is 2.37. The quantitative estimate of drug-likeness (QED) is 0.667. The summed E-state index contributed by atoms with van der Waals surface area (Å²) in [5, 5.41) is 9.95. The predicted molar refractivity (Wildman–Crippen MR) is 91.4 cm³/mol. The normalized spacial score (nSPS) is 53.5. The van der Waals surface area contributed by atoms with Gasteiger partial charge in [0.25, 0.3) is 0 Å². The zero-order chi connectivity index (χ0) is 15.5. The fourth-order valence-corrected chi connectivity index (χ4v) is 7.10. The highest BCUT2D eigenvalue weighted by Crippen LogP contribution is 2.66. The van der Waals surface area contributed by atoms with E-state index in [2.05, 4.69) is 32.9 Å². The third-order valence-electron chi connectivity index (χ3n) is 8.35. The van der Waals surface area contributed by atoms with E-state index in [0.717, 1.165) is 23.7 Å². The van der Waals surface area contributed by atoms with Crippen molar-refractivity contribution in [2.24, 2.45) is 34.5 Å². The summed E-state index contributed by atoms with van der Waals surface area (Å²) >= 11 is 0. The molecule has 4 aliphatic carbocycles. The highest BCUT2D eigenvalue weighted by Gasteiger charge is 2.57. The molecular weight excluding hydrogens is 268 g/mol. The fraction of sp³-hybridized carbons (Fsp3) is 0.810. The van der Waals surface area contributed by atoms with Crippen LogP contribution in [-0.4, -0.2) is 11.2 Å².